The molecule has 0 aromatic carbocycles. The zero-order valence-electron chi connectivity index (χ0n) is 52.0. The number of hydrogen-bond acceptors (Lipinski definition) is 5. The smallest absolute Gasteiger partial charge is 0.306 e. The average molecular weight is 1110 g/mol. The third-order valence-electron chi connectivity index (χ3n) is 14.1. The molecule has 454 valence electrons. The molecule has 0 rings (SSSR count). The van der Waals surface area contributed by atoms with Crippen LogP contribution in [0.25, 0.3) is 0 Å². The first-order valence-corrected chi connectivity index (χ1v) is 33.4. The number of rotatable bonds is 60. The second-order valence-electron chi connectivity index (χ2n) is 21.8. The van der Waals surface area contributed by atoms with E-state index in [4.69, 9.17) is 9.47 Å². The van der Waals surface area contributed by atoms with Gasteiger partial charge < -0.3 is 14.6 Å². The summed E-state index contributed by atoms with van der Waals surface area (Å²) in [7, 11) is 0. The summed E-state index contributed by atoms with van der Waals surface area (Å²) in [6.45, 7) is 3.91. The van der Waals surface area contributed by atoms with Crippen LogP contribution in [0.5, 0.6) is 0 Å². The first-order valence-electron chi connectivity index (χ1n) is 33.4. The lowest BCUT2D eigenvalue weighted by molar-refractivity contribution is -0.161. The Morgan fingerprint density at radius 1 is 0.287 bits per heavy atom. The highest BCUT2D eigenvalue weighted by molar-refractivity contribution is 5.70. The van der Waals surface area contributed by atoms with Gasteiger partial charge in [-0.25, -0.2) is 0 Å². The van der Waals surface area contributed by atoms with E-state index in [-0.39, 0.29) is 25.2 Å². The highest BCUT2D eigenvalue weighted by atomic mass is 16.6. The Morgan fingerprint density at radius 3 is 0.750 bits per heavy atom. The first-order chi connectivity index (χ1) is 39.6. The number of aliphatic hydroxyl groups is 1. The lowest BCUT2D eigenvalue weighted by atomic mass is 10.0. The van der Waals surface area contributed by atoms with Crippen LogP contribution in [0.1, 0.15) is 296 Å². The second-order valence-corrected chi connectivity index (χ2v) is 21.8. The van der Waals surface area contributed by atoms with Crippen LogP contribution in [0.4, 0.5) is 0 Å². The van der Waals surface area contributed by atoms with Crippen molar-refractivity contribution in [2.45, 2.75) is 302 Å². The van der Waals surface area contributed by atoms with Crippen molar-refractivity contribution in [3.8, 4) is 0 Å². The number of unbranched alkanes of at least 4 members (excludes halogenated alkanes) is 28. The van der Waals surface area contributed by atoms with E-state index < -0.39 is 6.10 Å². The van der Waals surface area contributed by atoms with Crippen molar-refractivity contribution in [3.05, 3.63) is 146 Å². The monoisotopic (exact) mass is 1100 g/mol. The van der Waals surface area contributed by atoms with E-state index in [2.05, 4.69) is 160 Å². The molecule has 0 heterocycles. The standard InChI is InChI=1S/C75H124O5/c1-3-5-7-9-11-13-15-17-19-21-23-25-27-29-31-32-33-34-35-36-37-38-39-40-41-42-44-45-47-49-51-53-55-57-59-61-63-65-67-69-74(77)79-72-73(71-76)80-75(78)70-68-66-64-62-60-58-56-54-52-50-48-46-43-30-28-26-24-22-20-18-16-14-12-10-8-6-4-2/h5-8,11-14,17-20,23-26,29-31,43,48,50,54,56,73,76H,3-4,9-10,15-16,21-22,27-28,32-42,44-47,49,51-53,55,57-72H2,1-2H3/b7-5-,8-6-,13-11-,14-12-,19-17-,20-18-,25-23-,26-24-,31-29-,43-30-,50-48-,56-54-. The van der Waals surface area contributed by atoms with Gasteiger partial charge in [-0.15, -0.1) is 0 Å². The van der Waals surface area contributed by atoms with Crippen molar-refractivity contribution >= 4 is 11.9 Å². The molecule has 0 radical (unpaired) electrons. The molecular formula is C75H124O5. The highest BCUT2D eigenvalue weighted by Crippen LogP contribution is 2.17. The SMILES string of the molecule is CC/C=C\C/C=C\C/C=C\C/C=C\C/C=C\C/C=C\C/C=C\CCCCCCCC(=O)OC(CO)COC(=O)CCCCCCCCCCCCCCCCCCCCCCCCC/C=C\C/C=C\C/C=C\C/C=C\C/C=C\CC. The van der Waals surface area contributed by atoms with Gasteiger partial charge in [-0.1, -0.05) is 314 Å². The molecule has 0 amide bonds. The van der Waals surface area contributed by atoms with E-state index in [0.717, 1.165) is 135 Å². The number of carbonyl (C=O) groups excluding carboxylic acids is 2. The minimum Gasteiger partial charge on any atom is -0.462 e. The number of ether oxygens (including phenoxy) is 2. The van der Waals surface area contributed by atoms with E-state index >= 15 is 0 Å². The van der Waals surface area contributed by atoms with Crippen LogP contribution in [0.3, 0.4) is 0 Å². The molecule has 0 aliphatic heterocycles. The predicted octanol–water partition coefficient (Wildman–Crippen LogP) is 23.3. The largest absolute Gasteiger partial charge is 0.462 e. The zero-order chi connectivity index (χ0) is 57.6. The fourth-order valence-corrected chi connectivity index (χ4v) is 9.21. The Kier molecular flexibility index (Phi) is 65.4. The molecule has 1 N–H and O–H groups in total. The Labute approximate surface area is 495 Å². The van der Waals surface area contributed by atoms with Gasteiger partial charge in [0.05, 0.1) is 6.61 Å². The molecule has 1 unspecified atom stereocenters. The molecule has 80 heavy (non-hydrogen) atoms. The summed E-state index contributed by atoms with van der Waals surface area (Å²) in [5, 5.41) is 9.69. The van der Waals surface area contributed by atoms with Gasteiger partial charge in [-0.2, -0.15) is 0 Å². The third-order valence-corrected chi connectivity index (χ3v) is 14.1. The van der Waals surface area contributed by atoms with Crippen LogP contribution < -0.4 is 0 Å². The Hall–Kier alpha value is -4.22. The predicted molar refractivity (Wildman–Crippen MR) is 352 cm³/mol. The van der Waals surface area contributed by atoms with Gasteiger partial charge in [-0.05, 0) is 116 Å². The maximum Gasteiger partial charge on any atom is 0.306 e. The maximum absolute atomic E-state index is 12.3. The minimum absolute atomic E-state index is 0.0791. The normalized spacial score (nSPS) is 13.2. The summed E-state index contributed by atoms with van der Waals surface area (Å²) < 4.78 is 10.7. The van der Waals surface area contributed by atoms with Gasteiger partial charge in [0.2, 0.25) is 0 Å². The molecule has 0 aliphatic rings. The van der Waals surface area contributed by atoms with E-state index in [9.17, 15) is 14.7 Å². The van der Waals surface area contributed by atoms with Crippen LogP contribution in [0.2, 0.25) is 0 Å². The number of esters is 2. The van der Waals surface area contributed by atoms with Gasteiger partial charge in [-0.3, -0.25) is 9.59 Å². The van der Waals surface area contributed by atoms with Gasteiger partial charge in [0.25, 0.3) is 0 Å². The van der Waals surface area contributed by atoms with Crippen LogP contribution in [-0.4, -0.2) is 36.4 Å². The summed E-state index contributed by atoms with van der Waals surface area (Å²) in [4.78, 5) is 24.6. The maximum atomic E-state index is 12.3. The molecule has 0 saturated carbocycles. The van der Waals surface area contributed by atoms with Gasteiger partial charge in [0.15, 0.2) is 6.10 Å². The van der Waals surface area contributed by atoms with E-state index in [1.54, 1.807) is 0 Å². The van der Waals surface area contributed by atoms with Crippen molar-refractivity contribution in [1.29, 1.82) is 0 Å². The van der Waals surface area contributed by atoms with Crippen LogP contribution in [0, 0.1) is 0 Å². The summed E-state index contributed by atoms with van der Waals surface area (Å²) in [6.07, 6.45) is 104. The quantitative estimate of drug-likeness (QED) is 0.0373. The molecule has 0 aromatic rings. The average Bonchev–Trinajstić information content (AvgIpc) is 3.46. The van der Waals surface area contributed by atoms with Crippen LogP contribution in [-0.2, 0) is 19.1 Å². The molecule has 0 aliphatic carbocycles. The Balaban J connectivity index is 3.50. The van der Waals surface area contributed by atoms with Gasteiger partial charge in [0, 0.05) is 12.8 Å². The summed E-state index contributed by atoms with van der Waals surface area (Å²) in [6, 6.07) is 0. The number of aliphatic hydroxyl groups excluding tert-OH is 1. The van der Waals surface area contributed by atoms with E-state index in [0.29, 0.717) is 12.8 Å². The zero-order valence-corrected chi connectivity index (χ0v) is 52.0. The lowest BCUT2D eigenvalue weighted by Gasteiger charge is -2.15. The molecule has 0 saturated heterocycles. The number of hydrogen-bond donors (Lipinski definition) is 1. The van der Waals surface area contributed by atoms with Gasteiger partial charge >= 0.3 is 11.9 Å². The topological polar surface area (TPSA) is 72.8 Å². The fraction of sp³-hybridized carbons (Fsp3) is 0.653. The molecule has 0 fully saturated rings. The van der Waals surface area contributed by atoms with Crippen molar-refractivity contribution in [1.82, 2.24) is 0 Å². The van der Waals surface area contributed by atoms with E-state index in [1.165, 1.54) is 135 Å². The van der Waals surface area contributed by atoms with Crippen molar-refractivity contribution < 1.29 is 24.2 Å². The van der Waals surface area contributed by atoms with Crippen molar-refractivity contribution in [2.75, 3.05) is 13.2 Å². The molecule has 0 spiro atoms. The fourth-order valence-electron chi connectivity index (χ4n) is 9.21. The summed E-state index contributed by atoms with van der Waals surface area (Å²) in [5.41, 5.74) is 0. The van der Waals surface area contributed by atoms with Crippen LogP contribution >= 0.6 is 0 Å². The molecule has 1 atom stereocenters. The van der Waals surface area contributed by atoms with Crippen molar-refractivity contribution in [2.24, 2.45) is 0 Å². The Bertz CT molecular complexity index is 1680. The highest BCUT2D eigenvalue weighted by Gasteiger charge is 2.16. The third kappa shape index (κ3) is 66.3. The van der Waals surface area contributed by atoms with Crippen LogP contribution in [0.15, 0.2) is 146 Å². The first kappa shape index (κ1) is 75.8. The van der Waals surface area contributed by atoms with Gasteiger partial charge in [0.1, 0.15) is 6.61 Å². The molecular weight excluding hydrogens is 981 g/mol. The number of carbonyl (C=O) groups is 2. The van der Waals surface area contributed by atoms with E-state index in [1.807, 2.05) is 0 Å². The summed E-state index contributed by atoms with van der Waals surface area (Å²) in [5.74, 6) is -0.611. The Morgan fingerprint density at radius 2 is 0.500 bits per heavy atom. The molecule has 5 heteroatoms. The lowest BCUT2D eigenvalue weighted by Crippen LogP contribution is -2.28. The number of allylic oxidation sites excluding steroid dienone is 24. The second kappa shape index (κ2) is 69.1. The van der Waals surface area contributed by atoms with Crippen molar-refractivity contribution in [3.63, 3.8) is 0 Å². The molecule has 5 nitrogen and oxygen atoms in total. The molecule has 0 bridgehead atoms. The minimum atomic E-state index is -0.792. The summed E-state index contributed by atoms with van der Waals surface area (Å²) >= 11 is 0. The molecule has 0 aromatic heterocycles.